The number of likely N-dealkylation sites (tertiary alicyclic amines) is 1. The number of rotatable bonds is 6. The minimum Gasteiger partial charge on any atom is -0.343 e. The van der Waals surface area contributed by atoms with E-state index in [9.17, 15) is 9.59 Å². The van der Waals surface area contributed by atoms with Gasteiger partial charge in [0.2, 0.25) is 5.91 Å². The van der Waals surface area contributed by atoms with Crippen LogP contribution in [0.4, 0.5) is 0 Å². The lowest BCUT2D eigenvalue weighted by Gasteiger charge is -2.31. The molecule has 1 fully saturated rings. The van der Waals surface area contributed by atoms with Gasteiger partial charge in [-0.3, -0.25) is 9.59 Å². The van der Waals surface area contributed by atoms with Crippen molar-refractivity contribution < 1.29 is 9.59 Å². The van der Waals surface area contributed by atoms with E-state index in [1.54, 1.807) is 0 Å². The monoisotopic (exact) mass is 338 g/mol. The number of benzene rings is 1. The van der Waals surface area contributed by atoms with Crippen LogP contribution in [0.2, 0.25) is 0 Å². The fourth-order valence-electron chi connectivity index (χ4n) is 2.87. The molecular weight excluding hydrogens is 312 g/mol. The highest BCUT2D eigenvalue weighted by molar-refractivity contribution is 5.98. The van der Waals surface area contributed by atoms with Crippen molar-refractivity contribution in [3.8, 4) is 0 Å². The molecule has 128 valence electrons. The van der Waals surface area contributed by atoms with Crippen LogP contribution >= 0.6 is 12.4 Å². The lowest BCUT2D eigenvalue weighted by Crippen LogP contribution is -2.44. The van der Waals surface area contributed by atoms with Crippen molar-refractivity contribution in [3.05, 3.63) is 35.4 Å². The third-order valence-corrected chi connectivity index (χ3v) is 4.51. The molecule has 0 radical (unpaired) electrons. The average molecular weight is 339 g/mol. The summed E-state index contributed by atoms with van der Waals surface area (Å²) in [6.07, 6.45) is 3.58. The maximum atomic E-state index is 12.2. The van der Waals surface area contributed by atoms with Crippen LogP contribution in [0.3, 0.4) is 0 Å². The largest absolute Gasteiger partial charge is 0.343 e. The third kappa shape index (κ3) is 5.63. The van der Waals surface area contributed by atoms with Crippen molar-refractivity contribution in [1.82, 2.24) is 10.2 Å². The van der Waals surface area contributed by atoms with Gasteiger partial charge in [-0.2, -0.15) is 0 Å². The number of nitrogens with one attached hydrogen (secondary N) is 1. The lowest BCUT2D eigenvalue weighted by atomic mass is 10.0. The Bertz CT molecular complexity index is 508. The summed E-state index contributed by atoms with van der Waals surface area (Å²) in [5.74, 6) is 0.161. The molecule has 1 aliphatic heterocycles. The van der Waals surface area contributed by atoms with Crippen LogP contribution in [-0.4, -0.2) is 42.8 Å². The molecule has 0 aromatic heterocycles. The van der Waals surface area contributed by atoms with Crippen molar-refractivity contribution in [2.45, 2.75) is 45.1 Å². The smallest absolute Gasteiger partial charge is 0.223 e. The first-order chi connectivity index (χ1) is 10.6. The fraction of sp³-hybridized carbons (Fsp3) is 0.556. The molecule has 1 amide bonds. The number of halogens is 1. The fourth-order valence-corrected chi connectivity index (χ4v) is 2.87. The number of aryl methyl sites for hydroxylation is 1. The molecule has 2 rings (SSSR count). The first kappa shape index (κ1) is 19.7. The van der Waals surface area contributed by atoms with Crippen molar-refractivity contribution in [3.63, 3.8) is 0 Å². The van der Waals surface area contributed by atoms with Crippen molar-refractivity contribution in [1.29, 1.82) is 0 Å². The number of amides is 1. The number of carbonyl (C=O) groups is 2. The van der Waals surface area contributed by atoms with Gasteiger partial charge in [-0.1, -0.05) is 31.2 Å². The standard InChI is InChI=1S/C18H26N2O2.ClH/c1-3-14-4-6-15(7-5-14)17(21)8-9-18(22)20-12-10-16(19-2)11-13-20;/h4-7,16,19H,3,8-13H2,1-2H3;1H. The quantitative estimate of drug-likeness (QED) is 0.811. The SMILES string of the molecule is CCc1ccc(C(=O)CCC(=O)N2CCC(NC)CC2)cc1.Cl. The summed E-state index contributed by atoms with van der Waals surface area (Å²) in [6.45, 7) is 3.68. The summed E-state index contributed by atoms with van der Waals surface area (Å²) in [5.41, 5.74) is 1.93. The number of ketones is 1. The van der Waals surface area contributed by atoms with E-state index in [-0.39, 0.29) is 24.1 Å². The van der Waals surface area contributed by atoms with Gasteiger partial charge >= 0.3 is 0 Å². The highest BCUT2D eigenvalue weighted by Crippen LogP contribution is 2.13. The van der Waals surface area contributed by atoms with Gasteiger partial charge in [-0.15, -0.1) is 12.4 Å². The zero-order valence-corrected chi connectivity index (χ0v) is 14.8. The summed E-state index contributed by atoms with van der Waals surface area (Å²) in [6, 6.07) is 8.21. The molecule has 1 aliphatic rings. The van der Waals surface area contributed by atoms with E-state index in [0.717, 1.165) is 32.4 Å². The average Bonchev–Trinajstić information content (AvgIpc) is 2.59. The van der Waals surface area contributed by atoms with Gasteiger partial charge in [-0.05, 0) is 31.9 Å². The zero-order valence-electron chi connectivity index (χ0n) is 14.0. The Hall–Kier alpha value is -1.39. The van der Waals surface area contributed by atoms with E-state index in [0.29, 0.717) is 24.4 Å². The molecule has 5 heteroatoms. The Labute approximate surface area is 145 Å². The molecule has 1 aromatic carbocycles. The van der Waals surface area contributed by atoms with E-state index in [4.69, 9.17) is 0 Å². The van der Waals surface area contributed by atoms with Crippen LogP contribution in [0.1, 0.15) is 48.5 Å². The van der Waals surface area contributed by atoms with Crippen LogP contribution < -0.4 is 5.32 Å². The molecule has 1 aromatic rings. The predicted molar refractivity (Wildman–Crippen MR) is 95.3 cm³/mol. The lowest BCUT2D eigenvalue weighted by molar-refractivity contribution is -0.132. The van der Waals surface area contributed by atoms with Gasteiger partial charge < -0.3 is 10.2 Å². The van der Waals surface area contributed by atoms with Crippen LogP contribution in [0.15, 0.2) is 24.3 Å². The van der Waals surface area contributed by atoms with Gasteiger partial charge in [0.15, 0.2) is 5.78 Å². The zero-order chi connectivity index (χ0) is 15.9. The summed E-state index contributed by atoms with van der Waals surface area (Å²) < 4.78 is 0. The molecule has 0 saturated carbocycles. The molecule has 0 bridgehead atoms. The molecule has 1 heterocycles. The molecule has 23 heavy (non-hydrogen) atoms. The Morgan fingerprint density at radius 2 is 1.74 bits per heavy atom. The van der Waals surface area contributed by atoms with Gasteiger partial charge in [0.1, 0.15) is 0 Å². The van der Waals surface area contributed by atoms with E-state index in [1.807, 2.05) is 36.2 Å². The minimum atomic E-state index is 0. The van der Waals surface area contributed by atoms with Crippen molar-refractivity contribution in [2.75, 3.05) is 20.1 Å². The van der Waals surface area contributed by atoms with Crippen molar-refractivity contribution in [2.24, 2.45) is 0 Å². The number of carbonyl (C=O) groups excluding carboxylic acids is 2. The van der Waals surface area contributed by atoms with Crippen LogP contribution in [0.5, 0.6) is 0 Å². The number of Topliss-reactive ketones (excluding diaryl/α,β-unsaturated/α-hetero) is 1. The second-order valence-corrected chi connectivity index (χ2v) is 5.92. The van der Waals surface area contributed by atoms with Gasteiger partial charge in [0.25, 0.3) is 0 Å². The Balaban J connectivity index is 0.00000264. The predicted octanol–water partition coefficient (Wildman–Crippen LogP) is 2.84. The summed E-state index contributed by atoms with van der Waals surface area (Å²) in [4.78, 5) is 26.2. The van der Waals surface area contributed by atoms with Crippen LogP contribution in [-0.2, 0) is 11.2 Å². The van der Waals surface area contributed by atoms with E-state index < -0.39 is 0 Å². The second-order valence-electron chi connectivity index (χ2n) is 5.92. The Morgan fingerprint density at radius 1 is 1.13 bits per heavy atom. The number of nitrogens with zero attached hydrogens (tertiary/aromatic N) is 1. The molecule has 1 saturated heterocycles. The summed E-state index contributed by atoms with van der Waals surface area (Å²) >= 11 is 0. The molecule has 0 atom stereocenters. The highest BCUT2D eigenvalue weighted by atomic mass is 35.5. The maximum absolute atomic E-state index is 12.2. The van der Waals surface area contributed by atoms with Gasteiger partial charge in [-0.25, -0.2) is 0 Å². The maximum Gasteiger partial charge on any atom is 0.223 e. The second kappa shape index (κ2) is 9.68. The molecule has 0 unspecified atom stereocenters. The summed E-state index contributed by atoms with van der Waals surface area (Å²) in [5, 5.41) is 3.25. The first-order valence-corrected chi connectivity index (χ1v) is 8.21. The highest BCUT2D eigenvalue weighted by Gasteiger charge is 2.22. The van der Waals surface area contributed by atoms with Crippen molar-refractivity contribution >= 4 is 24.1 Å². The van der Waals surface area contributed by atoms with Crippen LogP contribution in [0.25, 0.3) is 0 Å². The van der Waals surface area contributed by atoms with E-state index >= 15 is 0 Å². The topological polar surface area (TPSA) is 49.4 Å². The van der Waals surface area contributed by atoms with Crippen LogP contribution in [0, 0.1) is 0 Å². The number of hydrogen-bond acceptors (Lipinski definition) is 3. The molecule has 1 N–H and O–H groups in total. The number of hydrogen-bond donors (Lipinski definition) is 1. The van der Waals surface area contributed by atoms with E-state index in [1.165, 1.54) is 5.56 Å². The minimum absolute atomic E-state index is 0. The number of piperidine rings is 1. The Morgan fingerprint density at radius 3 is 2.26 bits per heavy atom. The van der Waals surface area contributed by atoms with E-state index in [2.05, 4.69) is 12.2 Å². The first-order valence-electron chi connectivity index (χ1n) is 8.21. The molecular formula is C18H27ClN2O2. The molecule has 0 spiro atoms. The molecule has 0 aliphatic carbocycles. The van der Waals surface area contributed by atoms with Gasteiger partial charge in [0, 0.05) is 37.5 Å². The third-order valence-electron chi connectivity index (χ3n) is 4.51. The Kier molecular flexibility index (Phi) is 8.28. The molecule has 4 nitrogen and oxygen atoms in total. The summed E-state index contributed by atoms with van der Waals surface area (Å²) in [7, 11) is 1.96. The van der Waals surface area contributed by atoms with Gasteiger partial charge in [0.05, 0.1) is 0 Å². The normalized spacial score (nSPS) is 15.1.